The van der Waals surface area contributed by atoms with Crippen LogP contribution in [0.3, 0.4) is 0 Å². The maximum atomic E-state index is 4.39. The minimum Gasteiger partial charge on any atom is -0.261 e. The van der Waals surface area contributed by atoms with Gasteiger partial charge < -0.3 is 0 Å². The van der Waals surface area contributed by atoms with Crippen molar-refractivity contribution >= 4 is 23.1 Å². The van der Waals surface area contributed by atoms with E-state index < -0.39 is 0 Å². The van der Waals surface area contributed by atoms with Crippen molar-refractivity contribution in [1.82, 2.24) is 5.01 Å². The molecule has 1 aliphatic heterocycles. The molecule has 0 N–H and O–H groups in total. The number of hydrogen-bond donors (Lipinski definition) is 0. The molecule has 0 saturated carbocycles. The quantitative estimate of drug-likeness (QED) is 0.503. The van der Waals surface area contributed by atoms with Crippen molar-refractivity contribution < 1.29 is 0 Å². The number of hydrazone groups is 1. The fourth-order valence-electron chi connectivity index (χ4n) is 1.24. The third-order valence-electron chi connectivity index (χ3n) is 2.05. The molecule has 1 heterocycles. The summed E-state index contributed by atoms with van der Waals surface area (Å²) in [5.74, 6) is 0.606. The molecule has 1 unspecified atom stereocenters. The van der Waals surface area contributed by atoms with E-state index in [0.717, 1.165) is 24.7 Å². The average Bonchev–Trinajstić information content (AvgIpc) is 2.62. The fourth-order valence-corrected chi connectivity index (χ4v) is 1.83. The first kappa shape index (κ1) is 10.6. The standard InChI is InChI=1S/C9H17N3S/c1-4-8-6-11-12(7-8)9(13-3)10-5-2/h6,8H,4-5,7H2,1-3H3/b10-9+. The van der Waals surface area contributed by atoms with E-state index in [9.17, 15) is 0 Å². The Balaban J connectivity index is 2.54. The first-order valence-corrected chi connectivity index (χ1v) is 5.94. The van der Waals surface area contributed by atoms with Crippen LogP contribution in [0.25, 0.3) is 0 Å². The third-order valence-corrected chi connectivity index (χ3v) is 2.75. The van der Waals surface area contributed by atoms with Gasteiger partial charge in [-0.2, -0.15) is 5.10 Å². The van der Waals surface area contributed by atoms with E-state index in [1.807, 2.05) is 24.4 Å². The topological polar surface area (TPSA) is 28.0 Å². The van der Waals surface area contributed by atoms with Crippen molar-refractivity contribution in [3.05, 3.63) is 0 Å². The highest BCUT2D eigenvalue weighted by atomic mass is 32.2. The lowest BCUT2D eigenvalue weighted by molar-refractivity contribution is 0.447. The second kappa shape index (κ2) is 5.27. The maximum Gasteiger partial charge on any atom is 0.179 e. The van der Waals surface area contributed by atoms with Crippen LogP contribution < -0.4 is 0 Å². The second-order valence-electron chi connectivity index (χ2n) is 2.98. The molecule has 1 aliphatic rings. The van der Waals surface area contributed by atoms with Crippen molar-refractivity contribution in [3.8, 4) is 0 Å². The Labute approximate surface area is 84.3 Å². The highest BCUT2D eigenvalue weighted by Crippen LogP contribution is 2.15. The van der Waals surface area contributed by atoms with Gasteiger partial charge in [0.05, 0.1) is 6.54 Å². The number of nitrogens with zero attached hydrogens (tertiary/aromatic N) is 3. The fraction of sp³-hybridized carbons (Fsp3) is 0.778. The number of amidine groups is 1. The van der Waals surface area contributed by atoms with Crippen molar-refractivity contribution in [3.63, 3.8) is 0 Å². The van der Waals surface area contributed by atoms with Crippen LogP contribution >= 0.6 is 11.8 Å². The van der Waals surface area contributed by atoms with E-state index >= 15 is 0 Å². The summed E-state index contributed by atoms with van der Waals surface area (Å²) in [6.07, 6.45) is 5.23. The zero-order valence-corrected chi connectivity index (χ0v) is 9.34. The van der Waals surface area contributed by atoms with Gasteiger partial charge in [-0.3, -0.25) is 4.99 Å². The predicted molar refractivity (Wildman–Crippen MR) is 60.5 cm³/mol. The Hall–Kier alpha value is -0.510. The zero-order chi connectivity index (χ0) is 9.68. The molecular weight excluding hydrogens is 182 g/mol. The molecular formula is C9H17N3S. The Morgan fingerprint density at radius 2 is 2.46 bits per heavy atom. The van der Waals surface area contributed by atoms with Gasteiger partial charge in [0.1, 0.15) is 0 Å². The molecule has 0 aromatic rings. The van der Waals surface area contributed by atoms with Crippen LogP contribution in [0.5, 0.6) is 0 Å². The van der Waals surface area contributed by atoms with E-state index in [0.29, 0.717) is 5.92 Å². The second-order valence-corrected chi connectivity index (χ2v) is 3.75. The lowest BCUT2D eigenvalue weighted by Crippen LogP contribution is -2.23. The molecule has 3 nitrogen and oxygen atoms in total. The van der Waals surface area contributed by atoms with Gasteiger partial charge in [0, 0.05) is 18.7 Å². The van der Waals surface area contributed by atoms with Crippen LogP contribution in [0, 0.1) is 5.92 Å². The highest BCUT2D eigenvalue weighted by Gasteiger charge is 2.19. The van der Waals surface area contributed by atoms with Crippen LogP contribution in [0.15, 0.2) is 10.1 Å². The molecule has 0 saturated heterocycles. The third kappa shape index (κ3) is 2.72. The van der Waals surface area contributed by atoms with Gasteiger partial charge in [-0.15, -0.1) is 0 Å². The van der Waals surface area contributed by atoms with Crippen LogP contribution in [0.4, 0.5) is 0 Å². The normalized spacial score (nSPS) is 22.8. The monoisotopic (exact) mass is 199 g/mol. The summed E-state index contributed by atoms with van der Waals surface area (Å²) in [5.41, 5.74) is 0. The predicted octanol–water partition coefficient (Wildman–Crippen LogP) is 2.05. The molecule has 0 aromatic heterocycles. The molecule has 1 rings (SSSR count). The highest BCUT2D eigenvalue weighted by molar-refractivity contribution is 8.13. The van der Waals surface area contributed by atoms with Crippen LogP contribution in [0.1, 0.15) is 20.3 Å². The Morgan fingerprint density at radius 3 is 2.92 bits per heavy atom. The smallest absolute Gasteiger partial charge is 0.179 e. The number of rotatable bonds is 2. The summed E-state index contributed by atoms with van der Waals surface area (Å²) < 4.78 is 0. The molecule has 0 spiro atoms. The molecule has 0 aliphatic carbocycles. The summed E-state index contributed by atoms with van der Waals surface area (Å²) in [4.78, 5) is 4.39. The number of thioether (sulfide) groups is 1. The molecule has 0 bridgehead atoms. The zero-order valence-electron chi connectivity index (χ0n) is 8.53. The molecule has 74 valence electrons. The summed E-state index contributed by atoms with van der Waals surface area (Å²) in [6.45, 7) is 6.07. The van der Waals surface area contributed by atoms with Crippen LogP contribution in [-0.2, 0) is 0 Å². The van der Waals surface area contributed by atoms with E-state index in [1.165, 1.54) is 0 Å². The Kier molecular flexibility index (Phi) is 4.28. The number of hydrogen-bond acceptors (Lipinski definition) is 3. The van der Waals surface area contributed by atoms with Gasteiger partial charge in [-0.1, -0.05) is 18.7 Å². The maximum absolute atomic E-state index is 4.39. The van der Waals surface area contributed by atoms with Gasteiger partial charge in [0.2, 0.25) is 0 Å². The minimum absolute atomic E-state index is 0.606. The number of aliphatic imine (C=N–C) groups is 1. The largest absolute Gasteiger partial charge is 0.261 e. The van der Waals surface area contributed by atoms with Crippen molar-refractivity contribution in [2.45, 2.75) is 20.3 Å². The molecule has 0 aromatic carbocycles. The Bertz CT molecular complexity index is 213. The van der Waals surface area contributed by atoms with Crippen LogP contribution in [0.2, 0.25) is 0 Å². The summed E-state index contributed by atoms with van der Waals surface area (Å²) in [5, 5.41) is 7.37. The van der Waals surface area contributed by atoms with E-state index in [1.54, 1.807) is 11.8 Å². The van der Waals surface area contributed by atoms with Crippen LogP contribution in [-0.4, -0.2) is 35.7 Å². The SMILES string of the molecule is CC/N=C(/SC)N1CC(CC)C=N1. The molecule has 0 radical (unpaired) electrons. The van der Waals surface area contributed by atoms with Gasteiger partial charge in [0.25, 0.3) is 0 Å². The van der Waals surface area contributed by atoms with Crippen molar-refractivity contribution in [2.75, 3.05) is 19.3 Å². The molecule has 0 amide bonds. The van der Waals surface area contributed by atoms with E-state index in [-0.39, 0.29) is 0 Å². The first-order chi connectivity index (χ1) is 6.31. The molecule has 13 heavy (non-hydrogen) atoms. The summed E-state index contributed by atoms with van der Waals surface area (Å²) >= 11 is 1.67. The van der Waals surface area contributed by atoms with Crippen molar-refractivity contribution in [1.29, 1.82) is 0 Å². The van der Waals surface area contributed by atoms with E-state index in [4.69, 9.17) is 0 Å². The Morgan fingerprint density at radius 1 is 1.69 bits per heavy atom. The molecule has 0 fully saturated rings. The minimum atomic E-state index is 0.606. The first-order valence-electron chi connectivity index (χ1n) is 4.71. The average molecular weight is 199 g/mol. The lowest BCUT2D eigenvalue weighted by Gasteiger charge is -2.15. The van der Waals surface area contributed by atoms with Gasteiger partial charge in [0.15, 0.2) is 5.17 Å². The van der Waals surface area contributed by atoms with E-state index in [2.05, 4.69) is 17.0 Å². The van der Waals surface area contributed by atoms with Gasteiger partial charge >= 0.3 is 0 Å². The van der Waals surface area contributed by atoms with Crippen molar-refractivity contribution in [2.24, 2.45) is 16.0 Å². The summed E-state index contributed by atoms with van der Waals surface area (Å²) in [6, 6.07) is 0. The summed E-state index contributed by atoms with van der Waals surface area (Å²) in [7, 11) is 0. The molecule has 4 heteroatoms. The lowest BCUT2D eigenvalue weighted by atomic mass is 10.1. The van der Waals surface area contributed by atoms with Gasteiger partial charge in [-0.25, -0.2) is 5.01 Å². The molecule has 1 atom stereocenters. The van der Waals surface area contributed by atoms with Gasteiger partial charge in [-0.05, 0) is 19.6 Å².